The van der Waals surface area contributed by atoms with Gasteiger partial charge in [0.15, 0.2) is 0 Å². The molecule has 2 aromatic rings. The Morgan fingerprint density at radius 2 is 1.86 bits per heavy atom. The SMILES string of the molecule is Cc1nc(CN(C)Cc2ccc(F)cc2)nc2c1CCC(=O)N2CCC(C)C. The predicted octanol–water partition coefficient (Wildman–Crippen LogP) is 3.88. The number of rotatable bonds is 7. The average molecular weight is 384 g/mol. The third-order valence-electron chi connectivity index (χ3n) is 5.09. The number of anilines is 1. The van der Waals surface area contributed by atoms with E-state index in [-0.39, 0.29) is 11.7 Å². The molecular weight excluding hydrogens is 355 g/mol. The molecule has 0 radical (unpaired) electrons. The molecule has 1 amide bonds. The Hall–Kier alpha value is -2.34. The van der Waals surface area contributed by atoms with Gasteiger partial charge in [0.05, 0.1) is 6.54 Å². The van der Waals surface area contributed by atoms with Gasteiger partial charge in [0, 0.05) is 30.8 Å². The van der Waals surface area contributed by atoms with Crippen LogP contribution < -0.4 is 4.90 Å². The zero-order valence-electron chi connectivity index (χ0n) is 17.2. The molecule has 6 heteroatoms. The number of nitrogens with zero attached hydrogens (tertiary/aromatic N) is 4. The van der Waals surface area contributed by atoms with Crippen LogP contribution in [0.25, 0.3) is 0 Å². The minimum atomic E-state index is -0.230. The normalized spacial score (nSPS) is 14.1. The van der Waals surface area contributed by atoms with Crippen molar-refractivity contribution in [3.05, 3.63) is 52.7 Å². The monoisotopic (exact) mass is 384 g/mol. The lowest BCUT2D eigenvalue weighted by molar-refractivity contribution is -0.119. The molecule has 1 aliphatic rings. The predicted molar refractivity (Wildman–Crippen MR) is 108 cm³/mol. The number of halogens is 1. The molecule has 1 aliphatic heterocycles. The molecule has 0 atom stereocenters. The van der Waals surface area contributed by atoms with Crippen LogP contribution in [0.1, 0.15) is 49.3 Å². The first-order valence-corrected chi connectivity index (χ1v) is 9.93. The zero-order valence-corrected chi connectivity index (χ0v) is 17.2. The molecule has 5 nitrogen and oxygen atoms in total. The summed E-state index contributed by atoms with van der Waals surface area (Å²) < 4.78 is 13.1. The van der Waals surface area contributed by atoms with Crippen LogP contribution in [0.3, 0.4) is 0 Å². The summed E-state index contributed by atoms with van der Waals surface area (Å²) in [6.45, 7) is 8.27. The first-order valence-electron chi connectivity index (χ1n) is 9.93. The number of hydrogen-bond donors (Lipinski definition) is 0. The smallest absolute Gasteiger partial charge is 0.228 e. The quantitative estimate of drug-likeness (QED) is 0.727. The topological polar surface area (TPSA) is 49.3 Å². The summed E-state index contributed by atoms with van der Waals surface area (Å²) >= 11 is 0. The summed E-state index contributed by atoms with van der Waals surface area (Å²) in [7, 11) is 1.99. The number of benzene rings is 1. The average Bonchev–Trinajstić information content (AvgIpc) is 2.62. The Morgan fingerprint density at radius 1 is 1.14 bits per heavy atom. The van der Waals surface area contributed by atoms with Crippen molar-refractivity contribution in [2.45, 2.75) is 53.1 Å². The van der Waals surface area contributed by atoms with E-state index in [1.807, 2.05) is 18.9 Å². The molecular formula is C22H29FN4O. The second-order valence-electron chi connectivity index (χ2n) is 8.05. The van der Waals surface area contributed by atoms with Crippen molar-refractivity contribution >= 4 is 11.7 Å². The number of carbonyl (C=O) groups is 1. The van der Waals surface area contributed by atoms with Crippen molar-refractivity contribution in [3.8, 4) is 0 Å². The lowest BCUT2D eigenvalue weighted by atomic mass is 10.0. The molecule has 3 rings (SSSR count). The van der Waals surface area contributed by atoms with Crippen LogP contribution in [0, 0.1) is 18.7 Å². The van der Waals surface area contributed by atoms with E-state index in [4.69, 9.17) is 4.98 Å². The lowest BCUT2D eigenvalue weighted by Gasteiger charge is -2.30. The van der Waals surface area contributed by atoms with Crippen molar-refractivity contribution < 1.29 is 9.18 Å². The highest BCUT2D eigenvalue weighted by Crippen LogP contribution is 2.28. The molecule has 0 spiro atoms. The van der Waals surface area contributed by atoms with Crippen molar-refractivity contribution in [1.82, 2.24) is 14.9 Å². The summed E-state index contributed by atoms with van der Waals surface area (Å²) in [6.07, 6.45) is 2.19. The second kappa shape index (κ2) is 8.78. The van der Waals surface area contributed by atoms with Gasteiger partial charge in [-0.05, 0) is 50.4 Å². The molecule has 0 saturated heterocycles. The first kappa shape index (κ1) is 20.4. The van der Waals surface area contributed by atoms with E-state index in [0.29, 0.717) is 44.2 Å². The van der Waals surface area contributed by atoms with Gasteiger partial charge in [-0.3, -0.25) is 14.6 Å². The van der Waals surface area contributed by atoms with Crippen molar-refractivity contribution in [1.29, 1.82) is 0 Å². The van der Waals surface area contributed by atoms with Gasteiger partial charge in [-0.2, -0.15) is 0 Å². The molecule has 28 heavy (non-hydrogen) atoms. The number of aryl methyl sites for hydroxylation is 1. The highest BCUT2D eigenvalue weighted by Gasteiger charge is 2.28. The Kier molecular flexibility index (Phi) is 6.39. The van der Waals surface area contributed by atoms with Crippen LogP contribution in [0.4, 0.5) is 10.2 Å². The maximum atomic E-state index is 13.1. The summed E-state index contributed by atoms with van der Waals surface area (Å²) in [5.41, 5.74) is 3.08. The molecule has 0 bridgehead atoms. The molecule has 150 valence electrons. The van der Waals surface area contributed by atoms with Crippen LogP contribution in [-0.4, -0.2) is 34.4 Å². The van der Waals surface area contributed by atoms with Gasteiger partial charge in [0.2, 0.25) is 5.91 Å². The fraction of sp³-hybridized carbons (Fsp3) is 0.500. The van der Waals surface area contributed by atoms with Gasteiger partial charge >= 0.3 is 0 Å². The molecule has 2 heterocycles. The fourth-order valence-electron chi connectivity index (χ4n) is 3.53. The van der Waals surface area contributed by atoms with E-state index < -0.39 is 0 Å². The maximum absolute atomic E-state index is 13.1. The van der Waals surface area contributed by atoms with Gasteiger partial charge < -0.3 is 0 Å². The van der Waals surface area contributed by atoms with Crippen molar-refractivity contribution in [3.63, 3.8) is 0 Å². The van der Waals surface area contributed by atoms with E-state index >= 15 is 0 Å². The zero-order chi connectivity index (χ0) is 20.3. The number of fused-ring (bicyclic) bond motifs is 1. The first-order chi connectivity index (χ1) is 13.3. The third kappa shape index (κ3) is 4.93. The lowest BCUT2D eigenvalue weighted by Crippen LogP contribution is -2.38. The minimum Gasteiger partial charge on any atom is -0.296 e. The number of carbonyl (C=O) groups excluding carboxylic acids is 1. The van der Waals surface area contributed by atoms with Gasteiger partial charge in [-0.15, -0.1) is 0 Å². The molecule has 1 aromatic carbocycles. The van der Waals surface area contributed by atoms with E-state index in [2.05, 4.69) is 23.7 Å². The van der Waals surface area contributed by atoms with Crippen molar-refractivity contribution in [2.24, 2.45) is 5.92 Å². The Balaban J connectivity index is 1.78. The van der Waals surface area contributed by atoms with Crippen LogP contribution >= 0.6 is 0 Å². The molecule has 0 aliphatic carbocycles. The molecule has 1 aromatic heterocycles. The third-order valence-corrected chi connectivity index (χ3v) is 5.09. The minimum absolute atomic E-state index is 0.150. The van der Waals surface area contributed by atoms with E-state index in [0.717, 1.165) is 29.1 Å². The molecule has 0 saturated carbocycles. The van der Waals surface area contributed by atoms with Gasteiger partial charge in [-0.25, -0.2) is 14.4 Å². The Bertz CT molecular complexity index is 835. The van der Waals surface area contributed by atoms with E-state index in [1.54, 1.807) is 12.1 Å². The van der Waals surface area contributed by atoms with Gasteiger partial charge in [0.25, 0.3) is 0 Å². The maximum Gasteiger partial charge on any atom is 0.228 e. The van der Waals surface area contributed by atoms with Gasteiger partial charge in [0.1, 0.15) is 17.5 Å². The molecule has 0 N–H and O–H groups in total. The summed E-state index contributed by atoms with van der Waals surface area (Å²) in [5, 5.41) is 0. The molecule has 0 unspecified atom stereocenters. The van der Waals surface area contributed by atoms with E-state index in [1.165, 1.54) is 12.1 Å². The Labute approximate surface area is 166 Å². The highest BCUT2D eigenvalue weighted by atomic mass is 19.1. The summed E-state index contributed by atoms with van der Waals surface area (Å²) in [5.74, 6) is 1.95. The van der Waals surface area contributed by atoms with Crippen LogP contribution in [0.5, 0.6) is 0 Å². The van der Waals surface area contributed by atoms with E-state index in [9.17, 15) is 9.18 Å². The largest absolute Gasteiger partial charge is 0.296 e. The standard InChI is InChI=1S/C22H29FN4O/c1-15(2)11-12-27-21(28)10-9-19-16(3)24-20(25-22(19)27)14-26(4)13-17-5-7-18(23)8-6-17/h5-8,15H,9-14H2,1-4H3. The fourth-order valence-corrected chi connectivity index (χ4v) is 3.53. The van der Waals surface area contributed by atoms with Crippen molar-refractivity contribution in [2.75, 3.05) is 18.5 Å². The van der Waals surface area contributed by atoms with Crippen LogP contribution in [0.2, 0.25) is 0 Å². The Morgan fingerprint density at radius 3 is 2.54 bits per heavy atom. The number of amides is 1. The van der Waals surface area contributed by atoms with Gasteiger partial charge in [-0.1, -0.05) is 26.0 Å². The number of aromatic nitrogens is 2. The van der Waals surface area contributed by atoms with Crippen LogP contribution in [0.15, 0.2) is 24.3 Å². The second-order valence-corrected chi connectivity index (χ2v) is 8.05. The summed E-state index contributed by atoms with van der Waals surface area (Å²) in [4.78, 5) is 25.9. The summed E-state index contributed by atoms with van der Waals surface area (Å²) in [6, 6.07) is 6.52. The number of hydrogen-bond acceptors (Lipinski definition) is 4. The van der Waals surface area contributed by atoms with Crippen LogP contribution in [-0.2, 0) is 24.3 Å². The highest BCUT2D eigenvalue weighted by molar-refractivity contribution is 5.95. The molecule has 0 fully saturated rings.